The third-order valence-corrected chi connectivity index (χ3v) is 5.84. The Bertz CT molecular complexity index is 1070. The molecule has 1 N–H and O–H groups in total. The van der Waals surface area contributed by atoms with Crippen LogP contribution in [0.5, 0.6) is 0 Å². The molecule has 2 aromatic carbocycles. The molecule has 1 unspecified atom stereocenters. The highest BCUT2D eigenvalue weighted by Gasteiger charge is 2.33. The van der Waals surface area contributed by atoms with Crippen molar-refractivity contribution in [2.24, 2.45) is 4.99 Å². The molecule has 34 heavy (non-hydrogen) atoms. The molecule has 2 aromatic rings. The molecule has 0 spiro atoms. The summed E-state index contributed by atoms with van der Waals surface area (Å²) in [6.07, 6.45) is 12.4. The zero-order chi connectivity index (χ0) is 24.2. The molecule has 0 bridgehead atoms. The van der Waals surface area contributed by atoms with Crippen molar-refractivity contribution in [2.45, 2.75) is 45.1 Å². The molecular formula is C29H33N3O2. The minimum atomic E-state index is -0.117. The fraction of sp³-hybridized carbons (Fsp3) is 0.276. The first-order valence-electron chi connectivity index (χ1n) is 11.8. The van der Waals surface area contributed by atoms with E-state index in [0.29, 0.717) is 13.0 Å². The third-order valence-electron chi connectivity index (χ3n) is 5.84. The molecule has 5 nitrogen and oxygen atoms in total. The van der Waals surface area contributed by atoms with Gasteiger partial charge in [0.1, 0.15) is 0 Å². The van der Waals surface area contributed by atoms with Gasteiger partial charge < -0.3 is 10.2 Å². The molecular weight excluding hydrogens is 422 g/mol. The number of amides is 2. The zero-order valence-electron chi connectivity index (χ0n) is 19.8. The largest absolute Gasteiger partial charge is 0.353 e. The van der Waals surface area contributed by atoms with E-state index in [1.807, 2.05) is 54.3 Å². The molecule has 0 aromatic heterocycles. The Morgan fingerprint density at radius 2 is 1.82 bits per heavy atom. The SMILES string of the molecule is C=N\C=C/C=C(C)/C=C/C(=O)NCCCCCC(=O)N1c2ccccc2CC1c1ccccc1. The lowest BCUT2D eigenvalue weighted by molar-refractivity contribution is -0.119. The van der Waals surface area contributed by atoms with Crippen LogP contribution < -0.4 is 10.2 Å². The van der Waals surface area contributed by atoms with Crippen molar-refractivity contribution in [1.82, 2.24) is 5.32 Å². The maximum atomic E-state index is 13.2. The summed E-state index contributed by atoms with van der Waals surface area (Å²) in [7, 11) is 0. The molecule has 1 aliphatic heterocycles. The van der Waals surface area contributed by atoms with Crippen molar-refractivity contribution in [2.75, 3.05) is 11.4 Å². The molecule has 5 heteroatoms. The van der Waals surface area contributed by atoms with E-state index in [-0.39, 0.29) is 17.9 Å². The van der Waals surface area contributed by atoms with Crippen molar-refractivity contribution in [1.29, 1.82) is 0 Å². The van der Waals surface area contributed by atoms with Gasteiger partial charge in [0.15, 0.2) is 0 Å². The van der Waals surface area contributed by atoms with Crippen LogP contribution >= 0.6 is 0 Å². The molecule has 0 fully saturated rings. The molecule has 0 saturated carbocycles. The molecule has 1 aliphatic rings. The van der Waals surface area contributed by atoms with E-state index in [4.69, 9.17) is 0 Å². The van der Waals surface area contributed by atoms with E-state index in [9.17, 15) is 9.59 Å². The Kier molecular flexibility index (Phi) is 9.59. The Morgan fingerprint density at radius 3 is 2.62 bits per heavy atom. The minimum absolute atomic E-state index is 0.0539. The highest BCUT2D eigenvalue weighted by Crippen LogP contribution is 2.40. The molecule has 1 heterocycles. The van der Waals surface area contributed by atoms with E-state index in [1.165, 1.54) is 17.2 Å². The molecule has 176 valence electrons. The molecule has 3 rings (SSSR count). The number of nitrogens with zero attached hydrogens (tertiary/aromatic N) is 2. The fourth-order valence-electron chi connectivity index (χ4n) is 4.12. The van der Waals surface area contributed by atoms with Crippen molar-refractivity contribution in [3.05, 3.63) is 102 Å². The van der Waals surface area contributed by atoms with Crippen LogP contribution in [0.2, 0.25) is 0 Å². The zero-order valence-corrected chi connectivity index (χ0v) is 19.8. The van der Waals surface area contributed by atoms with Gasteiger partial charge in [-0.15, -0.1) is 0 Å². The van der Waals surface area contributed by atoms with E-state index < -0.39 is 0 Å². The minimum Gasteiger partial charge on any atom is -0.353 e. The topological polar surface area (TPSA) is 61.8 Å². The number of carbonyl (C=O) groups is 2. The smallest absolute Gasteiger partial charge is 0.243 e. The molecule has 0 radical (unpaired) electrons. The summed E-state index contributed by atoms with van der Waals surface area (Å²) in [6, 6.07) is 18.5. The average Bonchev–Trinajstić information content (AvgIpc) is 3.25. The maximum Gasteiger partial charge on any atom is 0.243 e. The number of nitrogens with one attached hydrogen (secondary N) is 1. The predicted octanol–water partition coefficient (Wildman–Crippen LogP) is 5.71. The fourth-order valence-corrected chi connectivity index (χ4v) is 4.12. The van der Waals surface area contributed by atoms with Crippen LogP contribution in [0.25, 0.3) is 0 Å². The van der Waals surface area contributed by atoms with Gasteiger partial charge in [0, 0.05) is 30.9 Å². The third kappa shape index (κ3) is 7.14. The van der Waals surface area contributed by atoms with Gasteiger partial charge in [-0.25, -0.2) is 0 Å². The van der Waals surface area contributed by atoms with Crippen molar-refractivity contribution in [3.8, 4) is 0 Å². The molecule has 0 saturated heterocycles. The predicted molar refractivity (Wildman–Crippen MR) is 140 cm³/mol. The Morgan fingerprint density at radius 1 is 1.06 bits per heavy atom. The van der Waals surface area contributed by atoms with Crippen LogP contribution in [0.3, 0.4) is 0 Å². The van der Waals surface area contributed by atoms with Crippen LogP contribution in [0, 0.1) is 0 Å². The number of allylic oxidation sites excluding steroid dienone is 4. The number of hydrogen-bond donors (Lipinski definition) is 1. The number of aliphatic imine (C=N–C) groups is 1. The highest BCUT2D eigenvalue weighted by atomic mass is 16.2. The van der Waals surface area contributed by atoms with Gasteiger partial charge >= 0.3 is 0 Å². The Hall–Kier alpha value is -3.73. The van der Waals surface area contributed by atoms with Gasteiger partial charge in [0.05, 0.1) is 6.04 Å². The highest BCUT2D eigenvalue weighted by molar-refractivity contribution is 5.96. The van der Waals surface area contributed by atoms with Crippen LogP contribution in [0.1, 0.15) is 49.8 Å². The standard InChI is InChI=1S/C29H33N3O2/c1-23(12-11-20-30-2)18-19-28(33)31-21-10-4-7-17-29(34)32-26-16-9-8-15-25(26)22-27(32)24-13-5-3-6-14-24/h3,5-6,8-9,11-16,18-20,27H,2,4,7,10,17,21-22H2,1H3,(H,31,33)/b19-18+,20-11-,23-12+. The lowest BCUT2D eigenvalue weighted by Crippen LogP contribution is -2.32. The lowest BCUT2D eigenvalue weighted by atomic mass is 10.0. The summed E-state index contributed by atoms with van der Waals surface area (Å²) in [5.41, 5.74) is 4.37. The van der Waals surface area contributed by atoms with E-state index in [1.54, 1.807) is 18.4 Å². The van der Waals surface area contributed by atoms with Gasteiger partial charge in [-0.3, -0.25) is 14.6 Å². The van der Waals surface area contributed by atoms with E-state index in [2.05, 4.69) is 35.2 Å². The number of benzene rings is 2. The molecule has 0 aliphatic carbocycles. The second-order valence-corrected chi connectivity index (χ2v) is 8.39. The number of hydrogen-bond acceptors (Lipinski definition) is 3. The average molecular weight is 456 g/mol. The van der Waals surface area contributed by atoms with Gasteiger partial charge in [0.2, 0.25) is 11.8 Å². The quantitative estimate of drug-likeness (QED) is 0.204. The van der Waals surface area contributed by atoms with Crippen molar-refractivity contribution in [3.63, 3.8) is 0 Å². The number of rotatable bonds is 11. The Labute approximate surface area is 202 Å². The normalized spacial score (nSPS) is 15.6. The summed E-state index contributed by atoms with van der Waals surface area (Å²) >= 11 is 0. The summed E-state index contributed by atoms with van der Waals surface area (Å²) in [5.74, 6) is 0.0442. The molecule has 2 amide bonds. The number of unbranched alkanes of at least 4 members (excludes halogenated alkanes) is 2. The summed E-state index contributed by atoms with van der Waals surface area (Å²) in [5, 5.41) is 2.90. The van der Waals surface area contributed by atoms with Crippen LogP contribution in [-0.2, 0) is 16.0 Å². The lowest BCUT2D eigenvalue weighted by Gasteiger charge is -2.26. The maximum absolute atomic E-state index is 13.2. The van der Waals surface area contributed by atoms with Crippen LogP contribution in [0.4, 0.5) is 5.69 Å². The summed E-state index contributed by atoms with van der Waals surface area (Å²) in [4.78, 5) is 30.8. The summed E-state index contributed by atoms with van der Waals surface area (Å²) < 4.78 is 0. The van der Waals surface area contributed by atoms with E-state index >= 15 is 0 Å². The monoisotopic (exact) mass is 455 g/mol. The van der Waals surface area contributed by atoms with Gasteiger partial charge in [-0.05, 0) is 56.2 Å². The van der Waals surface area contributed by atoms with Gasteiger partial charge in [-0.1, -0.05) is 72.7 Å². The van der Waals surface area contributed by atoms with Crippen molar-refractivity contribution >= 4 is 24.2 Å². The second-order valence-electron chi connectivity index (χ2n) is 8.39. The number of para-hydroxylation sites is 1. The number of anilines is 1. The second kappa shape index (κ2) is 13.1. The Balaban J connectivity index is 1.43. The van der Waals surface area contributed by atoms with E-state index in [0.717, 1.165) is 36.9 Å². The first-order valence-corrected chi connectivity index (χ1v) is 11.8. The van der Waals surface area contributed by atoms with Gasteiger partial charge in [0.25, 0.3) is 0 Å². The van der Waals surface area contributed by atoms with Crippen LogP contribution in [0.15, 0.2) is 95.7 Å². The van der Waals surface area contributed by atoms with Crippen molar-refractivity contribution < 1.29 is 9.59 Å². The first kappa shape index (κ1) is 24.9. The summed E-state index contributed by atoms with van der Waals surface area (Å²) in [6.45, 7) is 5.88. The molecule has 1 atom stereocenters. The first-order chi connectivity index (χ1) is 16.6. The van der Waals surface area contributed by atoms with Crippen LogP contribution in [-0.4, -0.2) is 25.1 Å². The number of fused-ring (bicyclic) bond motifs is 1. The number of carbonyl (C=O) groups excluding carboxylic acids is 2. The van der Waals surface area contributed by atoms with Gasteiger partial charge in [-0.2, -0.15) is 0 Å².